The monoisotopic (exact) mass is 367 g/mol. The maximum Gasteiger partial charge on any atom is 0.251 e. The fourth-order valence-corrected chi connectivity index (χ4v) is 2.26. The van der Waals surface area contributed by atoms with Crippen LogP contribution in [0.15, 0.2) is 18.2 Å². The second-order valence-corrected chi connectivity index (χ2v) is 7.55. The van der Waals surface area contributed by atoms with Crippen molar-refractivity contribution in [3.63, 3.8) is 0 Å². The molecule has 1 aromatic rings. The predicted molar refractivity (Wildman–Crippen MR) is 91.9 cm³/mol. The summed E-state index contributed by atoms with van der Waals surface area (Å²) >= 11 is 0. The molecule has 0 aliphatic heterocycles. The number of nitrogens with two attached hydrogens (primary N) is 1. The molecule has 0 aromatic heterocycles. The fraction of sp³-hybridized carbons (Fsp3) is 0.500. The lowest BCUT2D eigenvalue weighted by Crippen LogP contribution is -2.55. The van der Waals surface area contributed by atoms with E-state index < -0.39 is 27.3 Å². The van der Waals surface area contributed by atoms with Crippen LogP contribution >= 0.6 is 12.4 Å². The number of rotatable bonds is 6. The molecule has 1 amide bonds. The first-order valence-corrected chi connectivity index (χ1v) is 8.67. The predicted octanol–water partition coefficient (Wildman–Crippen LogP) is 1.72. The number of carbonyl (C=O) groups excluding carboxylic acids is 1. The van der Waals surface area contributed by atoms with Crippen LogP contribution in [0.5, 0.6) is 0 Å². The molecule has 6 nitrogen and oxygen atoms in total. The molecule has 132 valence electrons. The number of sulfonamides is 1. The van der Waals surface area contributed by atoms with Gasteiger partial charge in [0.25, 0.3) is 5.91 Å². The first kappa shape index (κ1) is 21.6. The summed E-state index contributed by atoms with van der Waals surface area (Å²) in [4.78, 5) is 12.3. The van der Waals surface area contributed by atoms with Gasteiger partial charge in [0, 0.05) is 12.1 Å². The van der Waals surface area contributed by atoms with Gasteiger partial charge in [0.1, 0.15) is 5.82 Å². The summed E-state index contributed by atoms with van der Waals surface area (Å²) in [5, 5.41) is 2.80. The molecule has 0 aliphatic carbocycles. The van der Waals surface area contributed by atoms with E-state index in [0.717, 1.165) is 18.4 Å². The van der Waals surface area contributed by atoms with Crippen molar-refractivity contribution in [2.24, 2.45) is 11.7 Å². The van der Waals surface area contributed by atoms with Crippen molar-refractivity contribution in [2.75, 3.05) is 17.5 Å². The van der Waals surface area contributed by atoms with Gasteiger partial charge in [0.15, 0.2) is 0 Å². The first-order chi connectivity index (χ1) is 9.98. The van der Waals surface area contributed by atoms with Crippen molar-refractivity contribution in [1.29, 1.82) is 0 Å². The zero-order chi connectivity index (χ0) is 17.1. The number of hydrogen-bond acceptors (Lipinski definition) is 4. The Balaban J connectivity index is 0.00000484. The molecule has 0 aliphatic rings. The molecule has 0 fully saturated rings. The number of hydrogen-bond donors (Lipinski definition) is 3. The molecule has 0 spiro atoms. The molecule has 0 saturated heterocycles. The molecule has 1 atom stereocenters. The van der Waals surface area contributed by atoms with E-state index in [-0.39, 0.29) is 36.1 Å². The standard InChI is InChI=1S/C14H22FN3O3S.ClH/c1-9(2)14(3,8-16)17-13(19)10-5-6-11(15)12(7-10)18-22(4,20)21;/h5-7,9,18H,8,16H2,1-4H3,(H,17,19);1H. The van der Waals surface area contributed by atoms with E-state index in [1.54, 1.807) is 0 Å². The van der Waals surface area contributed by atoms with E-state index in [1.165, 1.54) is 6.07 Å². The molecule has 0 saturated carbocycles. The lowest BCUT2D eigenvalue weighted by atomic mass is 9.88. The third-order valence-electron chi connectivity index (χ3n) is 3.62. The summed E-state index contributed by atoms with van der Waals surface area (Å²) in [7, 11) is -3.64. The minimum atomic E-state index is -3.64. The van der Waals surface area contributed by atoms with Crippen LogP contribution in [-0.2, 0) is 10.0 Å². The minimum absolute atomic E-state index is 0. The first-order valence-electron chi connectivity index (χ1n) is 6.78. The molecular formula is C14H23ClFN3O3S. The summed E-state index contributed by atoms with van der Waals surface area (Å²) in [5.41, 5.74) is 4.97. The van der Waals surface area contributed by atoms with Crippen LogP contribution in [0.25, 0.3) is 0 Å². The molecule has 1 unspecified atom stereocenters. The number of halogens is 2. The van der Waals surface area contributed by atoms with E-state index in [9.17, 15) is 17.6 Å². The number of anilines is 1. The van der Waals surface area contributed by atoms with Crippen LogP contribution in [0.2, 0.25) is 0 Å². The zero-order valence-corrected chi connectivity index (χ0v) is 15.1. The van der Waals surface area contributed by atoms with Crippen LogP contribution in [0, 0.1) is 11.7 Å². The highest BCUT2D eigenvalue weighted by Crippen LogP contribution is 2.20. The Bertz CT molecular complexity index is 667. The molecule has 4 N–H and O–H groups in total. The fourth-order valence-electron chi connectivity index (χ4n) is 1.71. The third kappa shape index (κ3) is 5.96. The maximum absolute atomic E-state index is 13.6. The normalized spacial score (nSPS) is 13.9. The largest absolute Gasteiger partial charge is 0.345 e. The van der Waals surface area contributed by atoms with Gasteiger partial charge in [-0.15, -0.1) is 12.4 Å². The Labute approximate surface area is 142 Å². The summed E-state index contributed by atoms with van der Waals surface area (Å²) in [5.74, 6) is -1.11. The molecule has 0 bridgehead atoms. The van der Waals surface area contributed by atoms with Gasteiger partial charge < -0.3 is 11.1 Å². The van der Waals surface area contributed by atoms with Gasteiger partial charge in [-0.05, 0) is 31.0 Å². The van der Waals surface area contributed by atoms with Gasteiger partial charge in [-0.2, -0.15) is 0 Å². The SMILES string of the molecule is CC(C)C(C)(CN)NC(=O)c1ccc(F)c(NS(C)(=O)=O)c1.Cl. The van der Waals surface area contributed by atoms with Gasteiger partial charge in [0.2, 0.25) is 10.0 Å². The molecule has 0 radical (unpaired) electrons. The van der Waals surface area contributed by atoms with Gasteiger partial charge in [-0.1, -0.05) is 13.8 Å². The van der Waals surface area contributed by atoms with E-state index in [2.05, 4.69) is 5.32 Å². The molecule has 9 heteroatoms. The lowest BCUT2D eigenvalue weighted by molar-refractivity contribution is 0.0883. The molecule has 23 heavy (non-hydrogen) atoms. The Hall–Kier alpha value is -1.38. The maximum atomic E-state index is 13.6. The van der Waals surface area contributed by atoms with Crippen molar-refractivity contribution in [3.8, 4) is 0 Å². The Morgan fingerprint density at radius 2 is 1.96 bits per heavy atom. The second-order valence-electron chi connectivity index (χ2n) is 5.80. The summed E-state index contributed by atoms with van der Waals surface area (Å²) in [6, 6.07) is 3.48. The van der Waals surface area contributed by atoms with Gasteiger partial charge in [-0.25, -0.2) is 12.8 Å². The van der Waals surface area contributed by atoms with Gasteiger partial charge in [0.05, 0.1) is 17.5 Å². The second kappa shape index (κ2) is 7.94. The highest BCUT2D eigenvalue weighted by Gasteiger charge is 2.29. The number of carbonyl (C=O) groups is 1. The molecule has 1 aromatic carbocycles. The highest BCUT2D eigenvalue weighted by molar-refractivity contribution is 7.92. The van der Waals surface area contributed by atoms with Crippen LogP contribution in [0.1, 0.15) is 31.1 Å². The van der Waals surface area contributed by atoms with E-state index >= 15 is 0 Å². The molecule has 1 rings (SSSR count). The summed E-state index contributed by atoms with van der Waals surface area (Å²) < 4.78 is 38.1. The van der Waals surface area contributed by atoms with E-state index in [0.29, 0.717) is 0 Å². The van der Waals surface area contributed by atoms with E-state index in [4.69, 9.17) is 5.73 Å². The average Bonchev–Trinajstić information content (AvgIpc) is 2.39. The van der Waals surface area contributed by atoms with Crippen LogP contribution in [-0.4, -0.2) is 32.7 Å². The van der Waals surface area contributed by atoms with Crippen molar-refractivity contribution in [1.82, 2.24) is 5.32 Å². The molecular weight excluding hydrogens is 345 g/mol. The van der Waals surface area contributed by atoms with E-state index in [1.807, 2.05) is 25.5 Å². The van der Waals surface area contributed by atoms with Crippen molar-refractivity contribution >= 4 is 34.0 Å². The topological polar surface area (TPSA) is 101 Å². The Kier molecular flexibility index (Phi) is 7.46. The van der Waals surface area contributed by atoms with Crippen molar-refractivity contribution in [3.05, 3.63) is 29.6 Å². The zero-order valence-electron chi connectivity index (χ0n) is 13.5. The minimum Gasteiger partial charge on any atom is -0.345 e. The quantitative estimate of drug-likeness (QED) is 0.712. The number of amides is 1. The van der Waals surface area contributed by atoms with Crippen LogP contribution in [0.4, 0.5) is 10.1 Å². The average molecular weight is 368 g/mol. The molecule has 0 heterocycles. The van der Waals surface area contributed by atoms with Crippen LogP contribution < -0.4 is 15.8 Å². The number of nitrogens with one attached hydrogen (secondary N) is 2. The van der Waals surface area contributed by atoms with Crippen molar-refractivity contribution in [2.45, 2.75) is 26.3 Å². The smallest absolute Gasteiger partial charge is 0.251 e. The summed E-state index contributed by atoms with van der Waals surface area (Å²) in [6.07, 6.45) is 0.906. The van der Waals surface area contributed by atoms with Gasteiger partial charge in [-0.3, -0.25) is 9.52 Å². The van der Waals surface area contributed by atoms with Crippen LogP contribution in [0.3, 0.4) is 0 Å². The van der Waals surface area contributed by atoms with Crippen molar-refractivity contribution < 1.29 is 17.6 Å². The third-order valence-corrected chi connectivity index (χ3v) is 4.21. The number of benzene rings is 1. The Morgan fingerprint density at radius 1 is 1.39 bits per heavy atom. The van der Waals surface area contributed by atoms with Gasteiger partial charge >= 0.3 is 0 Å². The lowest BCUT2D eigenvalue weighted by Gasteiger charge is -2.33. The highest BCUT2D eigenvalue weighted by atomic mass is 35.5. The summed E-state index contributed by atoms with van der Waals surface area (Å²) in [6.45, 7) is 5.91. The Morgan fingerprint density at radius 3 is 2.39 bits per heavy atom.